The van der Waals surface area contributed by atoms with Crippen molar-refractivity contribution in [2.24, 2.45) is 5.73 Å². The molecule has 3 unspecified atom stereocenters. The molecule has 110 valence electrons. The maximum atomic E-state index is 13.2. The Balaban J connectivity index is 1.60. The van der Waals surface area contributed by atoms with E-state index in [1.165, 1.54) is 6.07 Å². The molecule has 1 fully saturated rings. The fraction of sp³-hybridized carbons (Fsp3) is 0.600. The van der Waals surface area contributed by atoms with Crippen molar-refractivity contribution in [3.8, 4) is 5.75 Å². The van der Waals surface area contributed by atoms with E-state index in [1.807, 2.05) is 0 Å². The molecule has 1 saturated heterocycles. The summed E-state index contributed by atoms with van der Waals surface area (Å²) < 4.78 is 24.8. The third-order valence-electron chi connectivity index (χ3n) is 3.89. The van der Waals surface area contributed by atoms with Crippen LogP contribution in [0.3, 0.4) is 0 Å². The number of nitrogens with zero attached hydrogens (tertiary/aromatic N) is 1. The first kappa shape index (κ1) is 13.8. The van der Waals surface area contributed by atoms with E-state index in [4.69, 9.17) is 15.2 Å². The fourth-order valence-electron chi connectivity index (χ4n) is 3.10. The molecule has 1 aromatic rings. The van der Waals surface area contributed by atoms with E-state index in [1.54, 1.807) is 12.1 Å². The van der Waals surface area contributed by atoms with Gasteiger partial charge >= 0.3 is 0 Å². The van der Waals surface area contributed by atoms with Crippen LogP contribution in [0.15, 0.2) is 18.2 Å². The molecule has 1 aromatic carbocycles. The minimum Gasteiger partial charge on any atom is -0.488 e. The van der Waals surface area contributed by atoms with Gasteiger partial charge in [-0.15, -0.1) is 0 Å². The Bertz CT molecular complexity index is 483. The van der Waals surface area contributed by atoms with Gasteiger partial charge in [0.15, 0.2) is 0 Å². The van der Waals surface area contributed by atoms with Gasteiger partial charge in [-0.1, -0.05) is 0 Å². The maximum Gasteiger partial charge on any atom is 0.123 e. The van der Waals surface area contributed by atoms with Gasteiger partial charge in [0.25, 0.3) is 0 Å². The molecule has 0 amide bonds. The molecular formula is C15H21FN2O2. The zero-order valence-electron chi connectivity index (χ0n) is 11.7. The number of halogens is 1. The van der Waals surface area contributed by atoms with Crippen LogP contribution in [0, 0.1) is 5.82 Å². The van der Waals surface area contributed by atoms with Gasteiger partial charge in [0, 0.05) is 38.2 Å². The fourth-order valence-corrected chi connectivity index (χ4v) is 3.10. The molecule has 5 heteroatoms. The van der Waals surface area contributed by atoms with Crippen molar-refractivity contribution in [1.29, 1.82) is 0 Å². The van der Waals surface area contributed by atoms with Gasteiger partial charge in [-0.3, -0.25) is 4.90 Å². The maximum absolute atomic E-state index is 13.2. The second kappa shape index (κ2) is 5.68. The Morgan fingerprint density at radius 3 is 3.00 bits per heavy atom. The largest absolute Gasteiger partial charge is 0.488 e. The van der Waals surface area contributed by atoms with Crippen molar-refractivity contribution in [1.82, 2.24) is 4.90 Å². The van der Waals surface area contributed by atoms with Gasteiger partial charge in [0.05, 0.1) is 12.2 Å². The van der Waals surface area contributed by atoms with Gasteiger partial charge < -0.3 is 15.2 Å². The first-order valence-corrected chi connectivity index (χ1v) is 7.17. The van der Waals surface area contributed by atoms with Crippen LogP contribution in [-0.4, -0.2) is 49.4 Å². The van der Waals surface area contributed by atoms with Crippen LogP contribution >= 0.6 is 0 Å². The molecule has 0 bridgehead atoms. The standard InChI is InChI=1S/C15H21FN2O2/c1-10-7-18(9-14(6-17)19-10)8-13-5-11-4-12(16)2-3-15(11)20-13/h2-4,10,13-14H,5-9,17H2,1H3. The van der Waals surface area contributed by atoms with E-state index >= 15 is 0 Å². The second-order valence-electron chi connectivity index (χ2n) is 5.72. The predicted molar refractivity (Wildman–Crippen MR) is 74.3 cm³/mol. The van der Waals surface area contributed by atoms with Crippen LogP contribution in [-0.2, 0) is 11.2 Å². The van der Waals surface area contributed by atoms with Crippen LogP contribution < -0.4 is 10.5 Å². The second-order valence-corrected chi connectivity index (χ2v) is 5.72. The van der Waals surface area contributed by atoms with E-state index in [9.17, 15) is 4.39 Å². The first-order chi connectivity index (χ1) is 9.64. The summed E-state index contributed by atoms with van der Waals surface area (Å²) in [4.78, 5) is 2.33. The summed E-state index contributed by atoms with van der Waals surface area (Å²) in [5.41, 5.74) is 6.66. The third kappa shape index (κ3) is 2.95. The molecule has 4 nitrogen and oxygen atoms in total. The normalized spacial score (nSPS) is 30.1. The van der Waals surface area contributed by atoms with Crippen molar-refractivity contribution in [2.75, 3.05) is 26.2 Å². The minimum absolute atomic E-state index is 0.0931. The molecule has 2 aliphatic rings. The molecule has 20 heavy (non-hydrogen) atoms. The number of rotatable bonds is 3. The van der Waals surface area contributed by atoms with Crippen LogP contribution in [0.4, 0.5) is 4.39 Å². The lowest BCUT2D eigenvalue weighted by Gasteiger charge is -2.37. The van der Waals surface area contributed by atoms with Crippen LogP contribution in [0.2, 0.25) is 0 Å². The highest BCUT2D eigenvalue weighted by Crippen LogP contribution is 2.29. The van der Waals surface area contributed by atoms with Gasteiger partial charge in [-0.25, -0.2) is 4.39 Å². The molecule has 3 rings (SSSR count). The highest BCUT2D eigenvalue weighted by molar-refractivity contribution is 5.37. The zero-order valence-corrected chi connectivity index (χ0v) is 11.7. The Labute approximate surface area is 118 Å². The van der Waals surface area contributed by atoms with E-state index in [0.717, 1.165) is 37.4 Å². The van der Waals surface area contributed by atoms with Crippen molar-refractivity contribution in [3.05, 3.63) is 29.6 Å². The topological polar surface area (TPSA) is 47.7 Å². The van der Waals surface area contributed by atoms with E-state index in [0.29, 0.717) is 6.54 Å². The summed E-state index contributed by atoms with van der Waals surface area (Å²) in [6, 6.07) is 4.73. The Kier molecular flexibility index (Phi) is 3.92. The third-order valence-corrected chi connectivity index (χ3v) is 3.89. The van der Waals surface area contributed by atoms with Crippen LogP contribution in [0.25, 0.3) is 0 Å². The summed E-state index contributed by atoms with van der Waals surface area (Å²) >= 11 is 0. The molecular weight excluding hydrogens is 259 g/mol. The number of hydrogen-bond donors (Lipinski definition) is 1. The van der Waals surface area contributed by atoms with Gasteiger partial charge in [0.1, 0.15) is 17.7 Å². The molecule has 0 radical (unpaired) electrons. The molecule has 2 N–H and O–H groups in total. The van der Waals surface area contributed by atoms with Crippen molar-refractivity contribution >= 4 is 0 Å². The molecule has 0 aromatic heterocycles. The van der Waals surface area contributed by atoms with Gasteiger partial charge in [-0.05, 0) is 25.1 Å². The monoisotopic (exact) mass is 280 g/mol. The molecule has 0 spiro atoms. The quantitative estimate of drug-likeness (QED) is 0.903. The lowest BCUT2D eigenvalue weighted by atomic mass is 10.1. The number of benzene rings is 1. The molecule has 3 atom stereocenters. The van der Waals surface area contributed by atoms with Crippen LogP contribution in [0.5, 0.6) is 5.75 Å². The summed E-state index contributed by atoms with van der Waals surface area (Å²) in [5.74, 6) is 0.615. The number of ether oxygens (including phenoxy) is 2. The Hall–Kier alpha value is -1.17. The van der Waals surface area contributed by atoms with Gasteiger partial charge in [-0.2, -0.15) is 0 Å². The van der Waals surface area contributed by atoms with Crippen molar-refractivity contribution in [3.63, 3.8) is 0 Å². The molecule has 0 aliphatic carbocycles. The average molecular weight is 280 g/mol. The smallest absolute Gasteiger partial charge is 0.123 e. The number of fused-ring (bicyclic) bond motifs is 1. The zero-order chi connectivity index (χ0) is 14.1. The van der Waals surface area contributed by atoms with E-state index < -0.39 is 0 Å². The lowest BCUT2D eigenvalue weighted by Crippen LogP contribution is -2.51. The Morgan fingerprint density at radius 1 is 1.35 bits per heavy atom. The highest BCUT2D eigenvalue weighted by atomic mass is 19.1. The number of morpholine rings is 1. The van der Waals surface area contributed by atoms with E-state index in [2.05, 4.69) is 11.8 Å². The number of nitrogens with two attached hydrogens (primary N) is 1. The highest BCUT2D eigenvalue weighted by Gasteiger charge is 2.29. The lowest BCUT2D eigenvalue weighted by molar-refractivity contribution is -0.0778. The summed E-state index contributed by atoms with van der Waals surface area (Å²) in [6.45, 7) is 5.17. The predicted octanol–water partition coefficient (Wildman–Crippen LogP) is 1.18. The summed E-state index contributed by atoms with van der Waals surface area (Å²) in [7, 11) is 0. The molecule has 2 heterocycles. The first-order valence-electron chi connectivity index (χ1n) is 7.17. The van der Waals surface area contributed by atoms with Gasteiger partial charge in [0.2, 0.25) is 0 Å². The average Bonchev–Trinajstić information content (AvgIpc) is 2.79. The Morgan fingerprint density at radius 2 is 2.20 bits per heavy atom. The minimum atomic E-state index is -0.198. The molecule has 0 saturated carbocycles. The van der Waals surface area contributed by atoms with Crippen LogP contribution in [0.1, 0.15) is 12.5 Å². The molecule has 2 aliphatic heterocycles. The summed E-state index contributed by atoms with van der Waals surface area (Å²) in [6.07, 6.45) is 1.15. The SMILES string of the molecule is CC1CN(CC2Cc3cc(F)ccc3O2)CC(CN)O1. The number of hydrogen-bond acceptors (Lipinski definition) is 4. The van der Waals surface area contributed by atoms with Crippen molar-refractivity contribution in [2.45, 2.75) is 31.7 Å². The van der Waals surface area contributed by atoms with E-state index in [-0.39, 0.29) is 24.1 Å². The summed E-state index contributed by atoms with van der Waals surface area (Å²) in [5, 5.41) is 0. The van der Waals surface area contributed by atoms with Crippen molar-refractivity contribution < 1.29 is 13.9 Å².